The highest BCUT2D eigenvalue weighted by atomic mass is 35.5. The zero-order chi connectivity index (χ0) is 14.8. The minimum Gasteiger partial charge on any atom is -0.460 e. The summed E-state index contributed by atoms with van der Waals surface area (Å²) in [6.45, 7) is 2.71. The lowest BCUT2D eigenvalue weighted by atomic mass is 10.1. The molecule has 1 unspecified atom stereocenters. The van der Waals surface area contributed by atoms with Crippen molar-refractivity contribution < 1.29 is 4.42 Å². The molecule has 0 aliphatic carbocycles. The third-order valence-electron chi connectivity index (χ3n) is 3.49. The van der Waals surface area contributed by atoms with Gasteiger partial charge in [-0.1, -0.05) is 47.5 Å². The monoisotopic (exact) mass is 319 g/mol. The van der Waals surface area contributed by atoms with Crippen molar-refractivity contribution in [3.8, 4) is 0 Å². The van der Waals surface area contributed by atoms with Gasteiger partial charge in [-0.15, -0.1) is 0 Å². The second-order valence-electron chi connectivity index (χ2n) is 5.02. The van der Waals surface area contributed by atoms with E-state index >= 15 is 0 Å². The highest BCUT2D eigenvalue weighted by Crippen LogP contribution is 2.26. The van der Waals surface area contributed by atoms with Gasteiger partial charge < -0.3 is 9.73 Å². The van der Waals surface area contributed by atoms with Gasteiger partial charge in [-0.25, -0.2) is 0 Å². The molecule has 0 bridgehead atoms. The number of hydrogen-bond acceptors (Lipinski definition) is 2. The fourth-order valence-corrected chi connectivity index (χ4v) is 2.91. The van der Waals surface area contributed by atoms with Crippen molar-refractivity contribution in [2.75, 3.05) is 0 Å². The topological polar surface area (TPSA) is 25.2 Å². The highest BCUT2D eigenvalue weighted by molar-refractivity contribution is 6.35. The average molecular weight is 320 g/mol. The Labute approximate surface area is 133 Å². The van der Waals surface area contributed by atoms with Gasteiger partial charge in [0.25, 0.3) is 0 Å². The Morgan fingerprint density at radius 3 is 2.67 bits per heavy atom. The molecule has 0 radical (unpaired) electrons. The molecule has 0 fully saturated rings. The number of rotatable bonds is 4. The van der Waals surface area contributed by atoms with E-state index in [9.17, 15) is 0 Å². The van der Waals surface area contributed by atoms with Crippen molar-refractivity contribution in [3.05, 3.63) is 69.9 Å². The van der Waals surface area contributed by atoms with Crippen LogP contribution in [0.2, 0.25) is 10.0 Å². The smallest absolute Gasteiger partial charge is 0.134 e. The summed E-state index contributed by atoms with van der Waals surface area (Å²) in [4.78, 5) is 0. The van der Waals surface area contributed by atoms with Crippen LogP contribution in [0.15, 0.2) is 52.9 Å². The van der Waals surface area contributed by atoms with E-state index in [0.29, 0.717) is 16.6 Å². The van der Waals surface area contributed by atoms with Crippen LogP contribution in [0.25, 0.3) is 11.0 Å². The Kier molecular flexibility index (Phi) is 4.20. The molecule has 2 aromatic carbocycles. The molecule has 108 valence electrons. The minimum absolute atomic E-state index is 0.114. The molecule has 1 aromatic heterocycles. The summed E-state index contributed by atoms with van der Waals surface area (Å²) in [5.41, 5.74) is 1.93. The Morgan fingerprint density at radius 1 is 1.10 bits per heavy atom. The first-order chi connectivity index (χ1) is 10.1. The van der Waals surface area contributed by atoms with Crippen LogP contribution in [0.3, 0.4) is 0 Å². The first-order valence-electron chi connectivity index (χ1n) is 6.79. The van der Waals surface area contributed by atoms with Crippen molar-refractivity contribution >= 4 is 34.2 Å². The Hall–Kier alpha value is -1.48. The zero-order valence-electron chi connectivity index (χ0n) is 11.6. The van der Waals surface area contributed by atoms with E-state index in [4.69, 9.17) is 27.6 Å². The van der Waals surface area contributed by atoms with Crippen LogP contribution < -0.4 is 5.32 Å². The standard InChI is InChI=1S/C17H15Cl2NO/c1-11(15-7-6-13(18)9-16(15)19)20-10-14-8-12-4-2-3-5-17(12)21-14/h2-9,11,20H,10H2,1H3. The number of benzene rings is 2. The molecule has 3 rings (SSSR count). The molecule has 0 saturated carbocycles. The van der Waals surface area contributed by atoms with E-state index in [-0.39, 0.29) is 6.04 Å². The van der Waals surface area contributed by atoms with Crippen molar-refractivity contribution in [1.29, 1.82) is 0 Å². The number of fused-ring (bicyclic) bond motifs is 1. The van der Waals surface area contributed by atoms with Gasteiger partial charge in [-0.3, -0.25) is 0 Å². The molecule has 0 spiro atoms. The van der Waals surface area contributed by atoms with Gasteiger partial charge in [0.1, 0.15) is 11.3 Å². The number of nitrogens with one attached hydrogen (secondary N) is 1. The molecule has 0 amide bonds. The summed E-state index contributed by atoms with van der Waals surface area (Å²) in [7, 11) is 0. The molecule has 1 atom stereocenters. The lowest BCUT2D eigenvalue weighted by Crippen LogP contribution is -2.18. The molecule has 0 aliphatic heterocycles. The molecule has 1 N–H and O–H groups in total. The number of halogens is 2. The second-order valence-corrected chi connectivity index (χ2v) is 5.86. The highest BCUT2D eigenvalue weighted by Gasteiger charge is 2.11. The van der Waals surface area contributed by atoms with Gasteiger partial charge in [0.2, 0.25) is 0 Å². The summed E-state index contributed by atoms with van der Waals surface area (Å²) in [6.07, 6.45) is 0. The maximum atomic E-state index is 6.22. The first-order valence-corrected chi connectivity index (χ1v) is 7.55. The van der Waals surface area contributed by atoms with Crippen molar-refractivity contribution in [3.63, 3.8) is 0 Å². The fraction of sp³-hybridized carbons (Fsp3) is 0.176. The largest absolute Gasteiger partial charge is 0.460 e. The van der Waals surface area contributed by atoms with Gasteiger partial charge in [-0.05, 0) is 36.8 Å². The van der Waals surface area contributed by atoms with Crippen molar-refractivity contribution in [2.45, 2.75) is 19.5 Å². The van der Waals surface area contributed by atoms with E-state index < -0.39 is 0 Å². The van der Waals surface area contributed by atoms with Crippen LogP contribution >= 0.6 is 23.2 Å². The second kappa shape index (κ2) is 6.10. The van der Waals surface area contributed by atoms with E-state index in [1.54, 1.807) is 6.07 Å². The summed E-state index contributed by atoms with van der Waals surface area (Å²) in [5, 5.41) is 5.85. The first kappa shape index (κ1) is 14.5. The zero-order valence-corrected chi connectivity index (χ0v) is 13.1. The maximum absolute atomic E-state index is 6.22. The number of hydrogen-bond donors (Lipinski definition) is 1. The van der Waals surface area contributed by atoms with Gasteiger partial charge in [0.15, 0.2) is 0 Å². The SMILES string of the molecule is CC(NCc1cc2ccccc2o1)c1ccc(Cl)cc1Cl. The lowest BCUT2D eigenvalue weighted by Gasteiger charge is -2.15. The summed E-state index contributed by atoms with van der Waals surface area (Å²) >= 11 is 12.1. The van der Waals surface area contributed by atoms with E-state index in [0.717, 1.165) is 22.3 Å². The fourth-order valence-electron chi connectivity index (χ4n) is 2.34. The van der Waals surface area contributed by atoms with Gasteiger partial charge >= 0.3 is 0 Å². The van der Waals surface area contributed by atoms with Crippen LogP contribution in [-0.4, -0.2) is 0 Å². The molecular formula is C17H15Cl2NO. The van der Waals surface area contributed by atoms with Gasteiger partial charge in [0.05, 0.1) is 6.54 Å². The number of furan rings is 1. The molecule has 3 aromatic rings. The van der Waals surface area contributed by atoms with Gasteiger partial charge in [0, 0.05) is 21.5 Å². The lowest BCUT2D eigenvalue weighted by molar-refractivity contribution is 0.482. The summed E-state index contributed by atoms with van der Waals surface area (Å²) in [5.74, 6) is 0.910. The molecule has 2 nitrogen and oxygen atoms in total. The molecular weight excluding hydrogens is 305 g/mol. The summed E-state index contributed by atoms with van der Waals surface area (Å²) < 4.78 is 5.79. The summed E-state index contributed by atoms with van der Waals surface area (Å²) in [6, 6.07) is 15.7. The Balaban J connectivity index is 1.71. The van der Waals surface area contributed by atoms with Crippen LogP contribution in [0, 0.1) is 0 Å². The van der Waals surface area contributed by atoms with E-state index in [1.807, 2.05) is 36.4 Å². The molecule has 21 heavy (non-hydrogen) atoms. The molecule has 0 saturated heterocycles. The minimum atomic E-state index is 0.114. The third kappa shape index (κ3) is 3.24. The maximum Gasteiger partial charge on any atom is 0.134 e. The van der Waals surface area contributed by atoms with Crippen molar-refractivity contribution in [2.24, 2.45) is 0 Å². The molecule has 0 aliphatic rings. The van der Waals surface area contributed by atoms with E-state index in [1.165, 1.54) is 0 Å². The van der Waals surface area contributed by atoms with E-state index in [2.05, 4.69) is 18.3 Å². The molecule has 4 heteroatoms. The van der Waals surface area contributed by atoms with Crippen LogP contribution in [0.5, 0.6) is 0 Å². The quantitative estimate of drug-likeness (QED) is 0.678. The van der Waals surface area contributed by atoms with Crippen molar-refractivity contribution in [1.82, 2.24) is 5.32 Å². The van der Waals surface area contributed by atoms with Crippen LogP contribution in [0.4, 0.5) is 0 Å². The predicted molar refractivity (Wildman–Crippen MR) is 87.9 cm³/mol. The Bertz CT molecular complexity index is 733. The normalized spacial score (nSPS) is 12.7. The van der Waals surface area contributed by atoms with Gasteiger partial charge in [-0.2, -0.15) is 0 Å². The average Bonchev–Trinajstić information content (AvgIpc) is 2.87. The third-order valence-corrected chi connectivity index (χ3v) is 4.05. The Morgan fingerprint density at radius 2 is 1.90 bits per heavy atom. The number of para-hydroxylation sites is 1. The van der Waals surface area contributed by atoms with Crippen LogP contribution in [0.1, 0.15) is 24.3 Å². The predicted octanol–water partition coefficient (Wildman–Crippen LogP) is 5.59. The molecule has 1 heterocycles. The van der Waals surface area contributed by atoms with Crippen LogP contribution in [-0.2, 0) is 6.54 Å².